The lowest BCUT2D eigenvalue weighted by molar-refractivity contribution is 0.0950. The van der Waals surface area contributed by atoms with E-state index < -0.39 is 0 Å². The molecular weight excluding hydrogens is 340 g/mol. The summed E-state index contributed by atoms with van der Waals surface area (Å²) in [5.41, 5.74) is 1.51. The number of hydrogen-bond acceptors (Lipinski definition) is 5. The third-order valence-corrected chi connectivity index (χ3v) is 4.43. The summed E-state index contributed by atoms with van der Waals surface area (Å²) in [5.74, 6) is 2.38. The minimum atomic E-state index is -0.147. The van der Waals surface area contributed by atoms with Crippen molar-refractivity contribution in [1.29, 1.82) is 0 Å². The van der Waals surface area contributed by atoms with Crippen molar-refractivity contribution < 1.29 is 4.79 Å². The smallest absolute Gasteiger partial charge is 0.253 e. The minimum Gasteiger partial charge on any atom is -0.357 e. The van der Waals surface area contributed by atoms with Crippen LogP contribution in [0.2, 0.25) is 0 Å². The van der Waals surface area contributed by atoms with Crippen LogP contribution in [0.3, 0.4) is 0 Å². The molecular formula is C20H24N6O. The lowest BCUT2D eigenvalue weighted by Gasteiger charge is -2.19. The van der Waals surface area contributed by atoms with Crippen LogP contribution in [0.15, 0.2) is 49.1 Å². The van der Waals surface area contributed by atoms with Gasteiger partial charge in [0.1, 0.15) is 17.5 Å². The number of imidazole rings is 1. The molecule has 0 fully saturated rings. The molecule has 0 unspecified atom stereocenters. The number of rotatable bonds is 7. The molecule has 0 saturated heterocycles. The Kier molecular flexibility index (Phi) is 5.80. The molecule has 3 rings (SSSR count). The van der Waals surface area contributed by atoms with Gasteiger partial charge in [-0.15, -0.1) is 0 Å². The molecule has 1 N–H and O–H groups in total. The molecule has 0 aromatic carbocycles. The molecule has 0 spiro atoms. The number of nitrogens with one attached hydrogen (secondary N) is 1. The van der Waals surface area contributed by atoms with E-state index in [4.69, 9.17) is 0 Å². The van der Waals surface area contributed by atoms with Crippen LogP contribution in [0.4, 0.5) is 5.82 Å². The van der Waals surface area contributed by atoms with Gasteiger partial charge in [-0.05, 0) is 50.6 Å². The Balaban J connectivity index is 1.65. The van der Waals surface area contributed by atoms with Gasteiger partial charge in [0.15, 0.2) is 0 Å². The summed E-state index contributed by atoms with van der Waals surface area (Å²) in [6.07, 6.45) is 6.95. The van der Waals surface area contributed by atoms with Crippen LogP contribution in [0.1, 0.15) is 35.6 Å². The Bertz CT molecular complexity index is 899. The molecule has 140 valence electrons. The molecule has 0 aliphatic heterocycles. The number of carbonyl (C=O) groups excluding carboxylic acids is 1. The molecule has 7 heteroatoms. The first-order chi connectivity index (χ1) is 13.1. The van der Waals surface area contributed by atoms with E-state index in [9.17, 15) is 4.79 Å². The maximum Gasteiger partial charge on any atom is 0.253 e. The van der Waals surface area contributed by atoms with Crippen molar-refractivity contribution in [1.82, 2.24) is 24.8 Å². The lowest BCUT2D eigenvalue weighted by Crippen LogP contribution is -2.25. The van der Waals surface area contributed by atoms with E-state index in [1.807, 2.05) is 42.0 Å². The largest absolute Gasteiger partial charge is 0.357 e. The van der Waals surface area contributed by atoms with Crippen LogP contribution in [0.25, 0.3) is 5.82 Å². The van der Waals surface area contributed by atoms with E-state index >= 15 is 0 Å². The van der Waals surface area contributed by atoms with Gasteiger partial charge in [0.2, 0.25) is 0 Å². The highest BCUT2D eigenvalue weighted by atomic mass is 16.1. The number of carbonyl (C=O) groups is 1. The second-order valence-corrected chi connectivity index (χ2v) is 6.13. The van der Waals surface area contributed by atoms with Crippen molar-refractivity contribution in [2.75, 3.05) is 18.0 Å². The molecule has 3 aromatic rings. The van der Waals surface area contributed by atoms with E-state index in [-0.39, 0.29) is 5.91 Å². The number of pyridine rings is 2. The Morgan fingerprint density at radius 1 is 1.11 bits per heavy atom. The van der Waals surface area contributed by atoms with Crippen LogP contribution < -0.4 is 10.2 Å². The fraction of sp³-hybridized carbons (Fsp3) is 0.300. The van der Waals surface area contributed by atoms with Gasteiger partial charge < -0.3 is 10.2 Å². The first-order valence-corrected chi connectivity index (χ1v) is 9.06. The number of amides is 1. The highest BCUT2D eigenvalue weighted by Crippen LogP contribution is 2.12. The number of hydrogen-bond donors (Lipinski definition) is 1. The van der Waals surface area contributed by atoms with Gasteiger partial charge in [-0.1, -0.05) is 0 Å². The Morgan fingerprint density at radius 3 is 2.56 bits per heavy atom. The zero-order chi connectivity index (χ0) is 19.2. The van der Waals surface area contributed by atoms with E-state index in [0.29, 0.717) is 12.1 Å². The van der Waals surface area contributed by atoms with Gasteiger partial charge in [-0.25, -0.2) is 15.0 Å². The third kappa shape index (κ3) is 4.31. The van der Waals surface area contributed by atoms with Gasteiger partial charge in [-0.3, -0.25) is 9.36 Å². The molecule has 0 atom stereocenters. The topological polar surface area (TPSA) is 75.9 Å². The molecule has 0 aliphatic rings. The molecule has 3 heterocycles. The van der Waals surface area contributed by atoms with Crippen LogP contribution in [-0.4, -0.2) is 38.5 Å². The van der Waals surface area contributed by atoms with Crippen molar-refractivity contribution in [3.8, 4) is 5.82 Å². The molecule has 0 saturated carbocycles. The molecule has 1 amide bonds. The van der Waals surface area contributed by atoms with Crippen molar-refractivity contribution in [2.24, 2.45) is 0 Å². The normalized spacial score (nSPS) is 10.6. The zero-order valence-electron chi connectivity index (χ0n) is 15.9. The van der Waals surface area contributed by atoms with Gasteiger partial charge in [0.05, 0.1) is 5.56 Å². The monoisotopic (exact) mass is 364 g/mol. The maximum atomic E-state index is 12.4. The van der Waals surface area contributed by atoms with Gasteiger partial charge in [0, 0.05) is 44.4 Å². The molecule has 7 nitrogen and oxygen atoms in total. The van der Waals surface area contributed by atoms with Gasteiger partial charge in [0.25, 0.3) is 5.91 Å². The highest BCUT2D eigenvalue weighted by molar-refractivity contribution is 5.94. The second kappa shape index (κ2) is 8.44. The first kappa shape index (κ1) is 18.6. The summed E-state index contributed by atoms with van der Waals surface area (Å²) >= 11 is 0. The molecule has 27 heavy (non-hydrogen) atoms. The van der Waals surface area contributed by atoms with E-state index in [0.717, 1.165) is 36.1 Å². The standard InChI is InChI=1S/C20H24N6O/c1-4-25(5-2)18-7-6-17(14-23-18)20(27)24-13-16-8-9-22-19(12-16)26-11-10-21-15(26)3/h6-12,14H,4-5,13H2,1-3H3,(H,24,27). The second-order valence-electron chi connectivity index (χ2n) is 6.13. The number of aromatic nitrogens is 4. The fourth-order valence-electron chi connectivity index (χ4n) is 2.86. The van der Waals surface area contributed by atoms with E-state index in [1.54, 1.807) is 18.6 Å². The lowest BCUT2D eigenvalue weighted by atomic mass is 10.2. The first-order valence-electron chi connectivity index (χ1n) is 9.06. The summed E-state index contributed by atoms with van der Waals surface area (Å²) in [4.78, 5) is 27.5. The number of aryl methyl sites for hydroxylation is 1. The van der Waals surface area contributed by atoms with Crippen molar-refractivity contribution in [3.63, 3.8) is 0 Å². The average Bonchev–Trinajstić information content (AvgIpc) is 3.14. The summed E-state index contributed by atoms with van der Waals surface area (Å²) in [7, 11) is 0. The van der Waals surface area contributed by atoms with Gasteiger partial charge >= 0.3 is 0 Å². The molecule has 0 aliphatic carbocycles. The van der Waals surface area contributed by atoms with Crippen LogP contribution in [-0.2, 0) is 6.54 Å². The predicted octanol–water partition coefficient (Wildman–Crippen LogP) is 2.75. The summed E-state index contributed by atoms with van der Waals surface area (Å²) in [5, 5.41) is 2.93. The zero-order valence-corrected chi connectivity index (χ0v) is 15.9. The minimum absolute atomic E-state index is 0.147. The summed E-state index contributed by atoms with van der Waals surface area (Å²) < 4.78 is 1.90. The highest BCUT2D eigenvalue weighted by Gasteiger charge is 2.09. The fourth-order valence-corrected chi connectivity index (χ4v) is 2.86. The van der Waals surface area contributed by atoms with Crippen LogP contribution >= 0.6 is 0 Å². The Morgan fingerprint density at radius 2 is 1.93 bits per heavy atom. The van der Waals surface area contributed by atoms with Crippen molar-refractivity contribution in [2.45, 2.75) is 27.3 Å². The maximum absolute atomic E-state index is 12.4. The predicted molar refractivity (Wildman–Crippen MR) is 105 cm³/mol. The number of nitrogens with zero attached hydrogens (tertiary/aromatic N) is 5. The Labute approximate surface area is 159 Å². The third-order valence-electron chi connectivity index (χ3n) is 4.43. The average molecular weight is 364 g/mol. The molecule has 3 aromatic heterocycles. The van der Waals surface area contributed by atoms with Crippen LogP contribution in [0.5, 0.6) is 0 Å². The SMILES string of the molecule is CCN(CC)c1ccc(C(=O)NCc2ccnc(-n3ccnc3C)c2)cn1. The molecule has 0 radical (unpaired) electrons. The summed E-state index contributed by atoms with van der Waals surface area (Å²) in [6.45, 7) is 8.27. The van der Waals surface area contributed by atoms with Crippen LogP contribution in [0, 0.1) is 6.92 Å². The van der Waals surface area contributed by atoms with Gasteiger partial charge in [-0.2, -0.15) is 0 Å². The number of anilines is 1. The Hall–Kier alpha value is -3.22. The quantitative estimate of drug-likeness (QED) is 0.698. The molecule has 0 bridgehead atoms. The van der Waals surface area contributed by atoms with E-state index in [1.165, 1.54) is 0 Å². The van der Waals surface area contributed by atoms with E-state index in [2.05, 4.69) is 39.0 Å². The van der Waals surface area contributed by atoms with Crippen molar-refractivity contribution in [3.05, 3.63) is 66.0 Å². The van der Waals surface area contributed by atoms with Crippen molar-refractivity contribution >= 4 is 11.7 Å². The summed E-state index contributed by atoms with van der Waals surface area (Å²) in [6, 6.07) is 7.52.